The molecule has 2 aromatic carbocycles. The maximum atomic E-state index is 14.5. The third kappa shape index (κ3) is 16.9. The first-order chi connectivity index (χ1) is 33.3. The highest BCUT2D eigenvalue weighted by atomic mass is 32.2. The molecule has 23 heteroatoms. The third-order valence-electron chi connectivity index (χ3n) is 11.9. The van der Waals surface area contributed by atoms with Crippen molar-refractivity contribution in [3.63, 3.8) is 0 Å². The maximum Gasteiger partial charge on any atom is 0.326 e. The number of carbonyl (C=O) groups excluding carboxylic acids is 7. The van der Waals surface area contributed by atoms with Crippen molar-refractivity contribution in [3.05, 3.63) is 83.9 Å². The highest BCUT2D eigenvalue weighted by Crippen LogP contribution is 2.21. The van der Waals surface area contributed by atoms with E-state index in [0.717, 1.165) is 0 Å². The summed E-state index contributed by atoms with van der Waals surface area (Å²) in [6.07, 6.45) is 4.86. The fourth-order valence-electron chi connectivity index (χ4n) is 7.67. The zero-order valence-electron chi connectivity index (χ0n) is 39.5. The number of likely N-dealkylation sites (tertiary alicyclic amines) is 1. The fourth-order valence-corrected chi connectivity index (χ4v) is 8.14. The minimum Gasteiger partial charge on any atom is -0.508 e. The van der Waals surface area contributed by atoms with Crippen molar-refractivity contribution < 1.29 is 58.5 Å². The Hall–Kier alpha value is -7.01. The van der Waals surface area contributed by atoms with E-state index in [4.69, 9.17) is 10.8 Å². The van der Waals surface area contributed by atoms with E-state index >= 15 is 0 Å². The molecule has 12 N–H and O–H groups in total. The van der Waals surface area contributed by atoms with Crippen LogP contribution in [0.1, 0.15) is 69.7 Å². The van der Waals surface area contributed by atoms with Crippen molar-refractivity contribution in [2.45, 2.75) is 120 Å². The number of nitrogens with one attached hydrogen (secondary N) is 7. The summed E-state index contributed by atoms with van der Waals surface area (Å²) in [6.45, 7) is 4.98. The Morgan fingerprint density at radius 3 is 2.01 bits per heavy atom. The quantitative estimate of drug-likeness (QED) is 0.0469. The number of amides is 7. The number of nitrogens with zero attached hydrogens (tertiary/aromatic N) is 2. The molecule has 70 heavy (non-hydrogen) atoms. The first-order valence-corrected chi connectivity index (χ1v) is 24.3. The summed E-state index contributed by atoms with van der Waals surface area (Å²) in [6, 6.07) is 4.40. The van der Waals surface area contributed by atoms with Crippen LogP contribution in [-0.2, 0) is 62.4 Å². The average molecular weight is 993 g/mol. The summed E-state index contributed by atoms with van der Waals surface area (Å²) >= 11 is 1.38. The molecule has 1 aliphatic rings. The number of carboxylic acid groups (broad SMARTS) is 2. The van der Waals surface area contributed by atoms with Crippen LogP contribution < -0.4 is 37.6 Å². The van der Waals surface area contributed by atoms with Crippen molar-refractivity contribution in [2.24, 2.45) is 11.7 Å². The Morgan fingerprint density at radius 2 is 1.40 bits per heavy atom. The summed E-state index contributed by atoms with van der Waals surface area (Å²) in [5.74, 6) is -8.09. The third-order valence-corrected chi connectivity index (χ3v) is 12.5. The van der Waals surface area contributed by atoms with Crippen molar-refractivity contribution in [3.8, 4) is 5.75 Å². The number of H-pyrrole nitrogens is 1. The number of imidazole rings is 1. The number of aromatic amines is 1. The Bertz CT molecular complexity index is 2270. The highest BCUT2D eigenvalue weighted by Gasteiger charge is 2.41. The summed E-state index contributed by atoms with van der Waals surface area (Å²) < 4.78 is 0. The van der Waals surface area contributed by atoms with Gasteiger partial charge < -0.3 is 62.8 Å². The van der Waals surface area contributed by atoms with E-state index in [2.05, 4.69) is 41.9 Å². The molecule has 7 amide bonds. The van der Waals surface area contributed by atoms with Gasteiger partial charge in [-0.05, 0) is 67.4 Å². The molecule has 0 aliphatic carbocycles. The standard InChI is InChI=1S/C47H64N10O12S/c1-5-26(2)39(45(66)54-35(22-30-24-49-25-50-30)46(67)57-18-9-12-37(57)44(65)55-36(47(68)69)21-28-10-7-6-8-11-28)56-43(64)34(20-29-13-15-31(58)16-14-29)53-40(61)27(3)51-42(63)33(17-19-70-4)52-41(62)32(48)23-38(59)60/h6-8,10-11,13-16,24-27,32-37,39,58H,5,9,12,17-23,48H2,1-4H3,(H,49,50)(H,51,63)(H,52,62)(H,53,61)(H,54,66)(H,55,65)(H,56,64)(H,59,60)(H,68,69)/t26-,27-,32-,33-,34-,35-,36-,37-,39-/m0/s1. The Labute approximate surface area is 409 Å². The molecule has 0 spiro atoms. The number of aromatic hydroxyl groups is 1. The molecule has 1 aliphatic heterocycles. The second-order valence-corrected chi connectivity index (χ2v) is 18.2. The predicted octanol–water partition coefficient (Wildman–Crippen LogP) is -0.251. The largest absolute Gasteiger partial charge is 0.508 e. The fraction of sp³-hybridized carbons (Fsp3) is 0.489. The zero-order valence-corrected chi connectivity index (χ0v) is 40.3. The van der Waals surface area contributed by atoms with Gasteiger partial charge >= 0.3 is 11.9 Å². The molecule has 1 aromatic heterocycles. The highest BCUT2D eigenvalue weighted by molar-refractivity contribution is 7.98. The molecule has 0 unspecified atom stereocenters. The van der Waals surface area contributed by atoms with Gasteiger partial charge in [-0.15, -0.1) is 0 Å². The molecular weight excluding hydrogens is 929 g/mol. The van der Waals surface area contributed by atoms with Crippen LogP contribution in [0.4, 0.5) is 0 Å². The number of aliphatic carboxylic acids is 2. The predicted molar refractivity (Wildman–Crippen MR) is 257 cm³/mol. The van der Waals surface area contributed by atoms with Gasteiger partial charge in [-0.1, -0.05) is 62.7 Å². The summed E-state index contributed by atoms with van der Waals surface area (Å²) in [7, 11) is 0. The van der Waals surface area contributed by atoms with Crippen molar-refractivity contribution in [2.75, 3.05) is 18.6 Å². The van der Waals surface area contributed by atoms with E-state index in [1.54, 1.807) is 50.4 Å². The van der Waals surface area contributed by atoms with Crippen LogP contribution in [0.5, 0.6) is 5.75 Å². The second kappa shape index (κ2) is 27.2. The Kier molecular flexibility index (Phi) is 21.6. The molecule has 3 aromatic rings. The molecule has 22 nitrogen and oxygen atoms in total. The van der Waals surface area contributed by atoms with Crippen LogP contribution in [0.25, 0.3) is 0 Å². The number of carbonyl (C=O) groups is 9. The van der Waals surface area contributed by atoms with Crippen LogP contribution >= 0.6 is 11.8 Å². The second-order valence-electron chi connectivity index (χ2n) is 17.2. The van der Waals surface area contributed by atoms with Gasteiger partial charge in [0.15, 0.2) is 0 Å². The first kappa shape index (κ1) is 55.6. The molecule has 380 valence electrons. The van der Waals surface area contributed by atoms with E-state index in [9.17, 15) is 53.4 Å². The number of nitrogens with two attached hydrogens (primary N) is 1. The number of carboxylic acids is 2. The Morgan fingerprint density at radius 1 is 0.771 bits per heavy atom. The van der Waals surface area contributed by atoms with Crippen molar-refractivity contribution in [1.29, 1.82) is 0 Å². The number of aromatic nitrogens is 2. The first-order valence-electron chi connectivity index (χ1n) is 22.9. The van der Waals surface area contributed by atoms with Crippen molar-refractivity contribution >= 4 is 65.1 Å². The van der Waals surface area contributed by atoms with Gasteiger partial charge in [0.25, 0.3) is 0 Å². The molecule has 0 bridgehead atoms. The molecule has 0 saturated carbocycles. The Balaban J connectivity index is 1.54. The van der Waals surface area contributed by atoms with E-state index in [0.29, 0.717) is 35.4 Å². The monoisotopic (exact) mass is 992 g/mol. The average Bonchev–Trinajstić information content (AvgIpc) is 4.05. The van der Waals surface area contributed by atoms with Gasteiger partial charge in [-0.25, -0.2) is 9.78 Å². The molecule has 1 saturated heterocycles. The van der Waals surface area contributed by atoms with Gasteiger partial charge in [-0.2, -0.15) is 11.8 Å². The lowest BCUT2D eigenvalue weighted by atomic mass is 9.96. The lowest BCUT2D eigenvalue weighted by Gasteiger charge is -2.31. The number of hydrogen-bond donors (Lipinski definition) is 11. The van der Waals surface area contributed by atoms with E-state index < -0.39 is 114 Å². The van der Waals surface area contributed by atoms with Gasteiger partial charge in [0, 0.05) is 37.7 Å². The number of phenols is 1. The number of hydrogen-bond acceptors (Lipinski definition) is 13. The van der Waals surface area contributed by atoms with Gasteiger partial charge in [0.2, 0.25) is 41.4 Å². The van der Waals surface area contributed by atoms with Gasteiger partial charge in [-0.3, -0.25) is 38.4 Å². The zero-order chi connectivity index (χ0) is 51.5. The lowest BCUT2D eigenvalue weighted by Crippen LogP contribution is -2.61. The number of phenolic OH excluding ortho intramolecular Hbond substituents is 1. The summed E-state index contributed by atoms with van der Waals surface area (Å²) in [4.78, 5) is 128. The van der Waals surface area contributed by atoms with Crippen LogP contribution in [0, 0.1) is 5.92 Å². The molecular formula is C47H64N10O12S. The van der Waals surface area contributed by atoms with E-state index in [1.807, 2.05) is 0 Å². The van der Waals surface area contributed by atoms with Crippen LogP contribution in [0.2, 0.25) is 0 Å². The molecule has 9 atom stereocenters. The molecule has 1 fully saturated rings. The van der Waals surface area contributed by atoms with Crippen molar-refractivity contribution in [1.82, 2.24) is 46.8 Å². The van der Waals surface area contributed by atoms with Crippen LogP contribution in [-0.4, -0.2) is 150 Å². The van der Waals surface area contributed by atoms with Gasteiger partial charge in [0.1, 0.15) is 48.0 Å². The smallest absolute Gasteiger partial charge is 0.326 e. The topological polar surface area (TPSA) is 344 Å². The summed E-state index contributed by atoms with van der Waals surface area (Å²) in [5, 5.41) is 44.7. The molecule has 2 heterocycles. The summed E-state index contributed by atoms with van der Waals surface area (Å²) in [5.41, 5.74) is 7.36. The number of thioether (sulfide) groups is 1. The minimum atomic E-state index is -1.44. The number of rotatable bonds is 27. The lowest BCUT2D eigenvalue weighted by molar-refractivity contribution is -0.145. The molecule has 0 radical (unpaired) electrons. The van der Waals surface area contributed by atoms with E-state index in [1.165, 1.54) is 60.4 Å². The van der Waals surface area contributed by atoms with Crippen LogP contribution in [0.15, 0.2) is 67.1 Å². The normalized spacial score (nSPS) is 16.7. The maximum absolute atomic E-state index is 14.5. The van der Waals surface area contributed by atoms with Gasteiger partial charge in [0.05, 0.1) is 18.8 Å². The van der Waals surface area contributed by atoms with Crippen LogP contribution in [0.3, 0.4) is 0 Å². The minimum absolute atomic E-state index is 0.00737. The van der Waals surface area contributed by atoms with E-state index in [-0.39, 0.29) is 44.4 Å². The SMILES string of the molecule is CC[C@H](C)[C@H](NC(=O)[C@H](Cc1ccc(O)cc1)NC(=O)[C@H](C)NC(=O)[C@H](CCSC)NC(=O)[C@@H](N)CC(=O)O)C(=O)N[C@@H](Cc1cnc[nH]1)C(=O)N1CCC[C@H]1C(=O)N[C@@H](Cc1ccccc1)C(=O)O. The number of benzene rings is 2. The molecule has 4 rings (SSSR count).